The van der Waals surface area contributed by atoms with E-state index in [1.807, 2.05) is 18.2 Å². The van der Waals surface area contributed by atoms with Crippen molar-refractivity contribution in [2.75, 3.05) is 17.9 Å². The fraction of sp³-hybridized carbons (Fsp3) is 0.280. The molecular formula is C25H26FN3O4S. The molecule has 178 valence electrons. The van der Waals surface area contributed by atoms with Gasteiger partial charge in [0, 0.05) is 37.5 Å². The summed E-state index contributed by atoms with van der Waals surface area (Å²) in [4.78, 5) is 27.0. The zero-order chi connectivity index (χ0) is 24.5. The number of anilines is 1. The Morgan fingerprint density at radius 1 is 1.06 bits per heavy atom. The lowest BCUT2D eigenvalue weighted by atomic mass is 10.1. The van der Waals surface area contributed by atoms with E-state index in [9.17, 15) is 22.4 Å². The zero-order valence-electron chi connectivity index (χ0n) is 19.0. The normalized spacial score (nSPS) is 14.7. The minimum Gasteiger partial charge on any atom is -0.357 e. The van der Waals surface area contributed by atoms with E-state index >= 15 is 0 Å². The van der Waals surface area contributed by atoms with Crippen molar-refractivity contribution in [2.24, 2.45) is 0 Å². The number of benzene rings is 3. The van der Waals surface area contributed by atoms with E-state index in [4.69, 9.17) is 0 Å². The van der Waals surface area contributed by atoms with Crippen molar-refractivity contribution in [2.45, 2.75) is 37.2 Å². The molecule has 0 aromatic heterocycles. The lowest BCUT2D eigenvalue weighted by Gasteiger charge is -2.29. The summed E-state index contributed by atoms with van der Waals surface area (Å²) >= 11 is 0. The molecule has 3 aromatic rings. The van der Waals surface area contributed by atoms with E-state index in [2.05, 4.69) is 5.32 Å². The molecule has 4 rings (SSSR count). The quantitative estimate of drug-likeness (QED) is 0.532. The number of nitrogens with zero attached hydrogens (tertiary/aromatic N) is 2. The molecule has 1 aliphatic rings. The average molecular weight is 484 g/mol. The van der Waals surface area contributed by atoms with E-state index in [-0.39, 0.29) is 42.6 Å². The Morgan fingerprint density at radius 2 is 1.76 bits per heavy atom. The predicted octanol–water partition coefficient (Wildman–Crippen LogP) is 3.43. The number of rotatable bonds is 8. The molecule has 0 bridgehead atoms. The van der Waals surface area contributed by atoms with Crippen LogP contribution in [-0.4, -0.2) is 44.8 Å². The number of carbonyl (C=O) groups excluding carboxylic acids is 2. The molecular weight excluding hydrogens is 457 g/mol. The Kier molecular flexibility index (Phi) is 6.56. The minimum atomic E-state index is -3.71. The molecule has 0 fully saturated rings. The van der Waals surface area contributed by atoms with Crippen molar-refractivity contribution < 1.29 is 22.4 Å². The van der Waals surface area contributed by atoms with Gasteiger partial charge in [-0.15, -0.1) is 0 Å². The lowest BCUT2D eigenvalue weighted by molar-refractivity contribution is -0.140. The topological polar surface area (TPSA) is 86.8 Å². The van der Waals surface area contributed by atoms with E-state index in [0.717, 1.165) is 5.39 Å². The highest BCUT2D eigenvalue weighted by Gasteiger charge is 2.35. The molecule has 1 aliphatic heterocycles. The second-order valence-electron chi connectivity index (χ2n) is 8.22. The van der Waals surface area contributed by atoms with Crippen LogP contribution in [0.15, 0.2) is 65.6 Å². The number of sulfonamides is 1. The van der Waals surface area contributed by atoms with Crippen molar-refractivity contribution in [3.8, 4) is 0 Å². The van der Waals surface area contributed by atoms with Crippen LogP contribution in [0.3, 0.4) is 0 Å². The van der Waals surface area contributed by atoms with Crippen LogP contribution in [0.5, 0.6) is 0 Å². The smallest absolute Gasteiger partial charge is 0.265 e. The maximum atomic E-state index is 14.2. The number of nitrogens with one attached hydrogen (secondary N) is 1. The molecule has 1 N–H and O–H groups in total. The van der Waals surface area contributed by atoms with Crippen molar-refractivity contribution in [3.63, 3.8) is 0 Å². The van der Waals surface area contributed by atoms with Crippen molar-refractivity contribution in [3.05, 3.63) is 72.0 Å². The largest absolute Gasteiger partial charge is 0.357 e. The second kappa shape index (κ2) is 9.42. The van der Waals surface area contributed by atoms with Gasteiger partial charge in [-0.1, -0.05) is 42.5 Å². The Balaban J connectivity index is 1.51. The minimum absolute atomic E-state index is 0.00806. The maximum absolute atomic E-state index is 14.2. The number of carbonyl (C=O) groups is 2. The number of halogens is 1. The van der Waals surface area contributed by atoms with E-state index in [1.165, 1.54) is 22.3 Å². The summed E-state index contributed by atoms with van der Waals surface area (Å²) in [7, 11) is -2.24. The third-order valence-electron chi connectivity index (χ3n) is 6.15. The Bertz CT molecular complexity index is 1350. The molecule has 0 unspecified atom stereocenters. The highest BCUT2D eigenvalue weighted by molar-refractivity contribution is 7.93. The van der Waals surface area contributed by atoms with Crippen LogP contribution in [0.1, 0.15) is 25.3 Å². The Morgan fingerprint density at radius 3 is 2.47 bits per heavy atom. The maximum Gasteiger partial charge on any atom is 0.265 e. The Labute approximate surface area is 198 Å². The van der Waals surface area contributed by atoms with Gasteiger partial charge in [0.05, 0.1) is 10.6 Å². The number of hydrogen-bond acceptors (Lipinski definition) is 4. The van der Waals surface area contributed by atoms with Gasteiger partial charge < -0.3 is 10.2 Å². The van der Waals surface area contributed by atoms with Gasteiger partial charge in [0.15, 0.2) is 0 Å². The van der Waals surface area contributed by atoms with Gasteiger partial charge in [-0.2, -0.15) is 0 Å². The van der Waals surface area contributed by atoms with Gasteiger partial charge in [-0.05, 0) is 36.9 Å². The highest BCUT2D eigenvalue weighted by atomic mass is 32.2. The third kappa shape index (κ3) is 4.23. The van der Waals surface area contributed by atoms with Crippen molar-refractivity contribution in [1.29, 1.82) is 0 Å². The lowest BCUT2D eigenvalue weighted by Crippen LogP contribution is -2.47. The zero-order valence-corrected chi connectivity index (χ0v) is 19.8. The van der Waals surface area contributed by atoms with Crippen molar-refractivity contribution >= 4 is 38.3 Å². The van der Waals surface area contributed by atoms with Crippen LogP contribution in [0.25, 0.3) is 10.8 Å². The SMILES string of the molecule is CNC(=O)[C@H](C)N(Cc1ccccc1F)C(=O)CCCN1c2cccc3cccc(c23)S1(=O)=O. The summed E-state index contributed by atoms with van der Waals surface area (Å²) in [6, 6.07) is 15.9. The number of amides is 2. The molecule has 1 atom stereocenters. The summed E-state index contributed by atoms with van der Waals surface area (Å²) in [6.07, 6.45) is 0.255. The van der Waals surface area contributed by atoms with E-state index in [1.54, 1.807) is 43.3 Å². The molecule has 0 aliphatic carbocycles. The van der Waals surface area contributed by atoms with Crippen LogP contribution >= 0.6 is 0 Å². The Hall–Kier alpha value is -3.46. The van der Waals surface area contributed by atoms with Gasteiger partial charge in [-0.3, -0.25) is 13.9 Å². The van der Waals surface area contributed by atoms with Gasteiger partial charge in [0.25, 0.3) is 10.0 Å². The van der Waals surface area contributed by atoms with Crippen LogP contribution < -0.4 is 9.62 Å². The standard InChI is InChI=1S/C25H26FN3O4S/c1-17(25(31)27-2)28(16-19-8-3-4-11-20(19)26)23(30)14-7-15-29-21-12-5-9-18-10-6-13-22(24(18)21)34(29,32)33/h3-6,8-13,17H,7,14-16H2,1-2H3,(H,27,31)/t17-/m0/s1. The van der Waals surface area contributed by atoms with Gasteiger partial charge in [0.1, 0.15) is 11.9 Å². The fourth-order valence-corrected chi connectivity index (χ4v) is 6.07. The summed E-state index contributed by atoms with van der Waals surface area (Å²) < 4.78 is 41.8. The first-order valence-electron chi connectivity index (χ1n) is 11.0. The van der Waals surface area contributed by atoms with Crippen LogP contribution in [0.4, 0.5) is 10.1 Å². The first-order chi connectivity index (χ1) is 16.3. The third-order valence-corrected chi connectivity index (χ3v) is 8.00. The fourth-order valence-electron chi connectivity index (χ4n) is 4.32. The molecule has 2 amide bonds. The monoisotopic (exact) mass is 483 g/mol. The summed E-state index contributed by atoms with van der Waals surface area (Å²) in [6.45, 7) is 1.64. The molecule has 3 aromatic carbocycles. The molecule has 1 heterocycles. The van der Waals surface area contributed by atoms with E-state index < -0.39 is 21.9 Å². The molecule has 0 spiro atoms. The number of likely N-dealkylation sites (N-methyl/N-ethyl adjacent to an activating group) is 1. The molecule has 9 heteroatoms. The first kappa shape index (κ1) is 23.7. The molecule has 0 saturated carbocycles. The first-order valence-corrected chi connectivity index (χ1v) is 12.5. The summed E-state index contributed by atoms with van der Waals surface area (Å²) in [5, 5.41) is 4.05. The average Bonchev–Trinajstić information content (AvgIpc) is 3.05. The highest BCUT2D eigenvalue weighted by Crippen LogP contribution is 2.42. The van der Waals surface area contributed by atoms with Crippen molar-refractivity contribution in [1.82, 2.24) is 10.2 Å². The summed E-state index contributed by atoms with van der Waals surface area (Å²) in [5.74, 6) is -1.18. The van der Waals surface area contributed by atoms with Crippen LogP contribution in [0, 0.1) is 5.82 Å². The van der Waals surface area contributed by atoms with Crippen LogP contribution in [0.2, 0.25) is 0 Å². The van der Waals surface area contributed by atoms with Gasteiger partial charge in [-0.25, -0.2) is 12.8 Å². The molecule has 7 nitrogen and oxygen atoms in total. The second-order valence-corrected chi connectivity index (χ2v) is 10.0. The molecule has 0 radical (unpaired) electrons. The number of hydrogen-bond donors (Lipinski definition) is 1. The summed E-state index contributed by atoms with van der Waals surface area (Å²) in [5.41, 5.74) is 0.901. The molecule has 0 saturated heterocycles. The molecule has 34 heavy (non-hydrogen) atoms. The van der Waals surface area contributed by atoms with Gasteiger partial charge >= 0.3 is 0 Å². The predicted molar refractivity (Wildman–Crippen MR) is 128 cm³/mol. The van der Waals surface area contributed by atoms with E-state index in [0.29, 0.717) is 16.6 Å². The van der Waals surface area contributed by atoms with Crippen LogP contribution in [-0.2, 0) is 26.2 Å². The van der Waals surface area contributed by atoms with Gasteiger partial charge in [0.2, 0.25) is 11.8 Å².